The minimum atomic E-state index is -0.476. The van der Waals surface area contributed by atoms with Gasteiger partial charge in [0.2, 0.25) is 0 Å². The molecule has 8 heteroatoms. The third kappa shape index (κ3) is 4.27. The topological polar surface area (TPSA) is 70.7 Å². The molecule has 0 unspecified atom stereocenters. The molecule has 4 aromatic carbocycles. The molecule has 33 heavy (non-hydrogen) atoms. The van der Waals surface area contributed by atoms with Crippen molar-refractivity contribution in [3.8, 4) is 5.75 Å². The summed E-state index contributed by atoms with van der Waals surface area (Å²) in [7, 11) is 0. The number of hydrogen-bond acceptors (Lipinski definition) is 4. The van der Waals surface area contributed by atoms with Crippen LogP contribution in [0.2, 0.25) is 0 Å². The Balaban J connectivity index is 1.26. The molecule has 0 radical (unpaired) electrons. The van der Waals surface area contributed by atoms with Gasteiger partial charge in [0.15, 0.2) is 6.61 Å². The molecule has 2 N–H and O–H groups in total. The van der Waals surface area contributed by atoms with E-state index in [-0.39, 0.29) is 6.61 Å². The highest BCUT2D eigenvalue weighted by molar-refractivity contribution is 9.10. The van der Waals surface area contributed by atoms with Crippen molar-refractivity contribution in [1.82, 2.24) is 10.9 Å². The summed E-state index contributed by atoms with van der Waals surface area (Å²) in [6, 6.07) is 26.4. The number of rotatable bonds is 3. The minimum Gasteiger partial charge on any atom is -0.483 e. The van der Waals surface area contributed by atoms with Crippen LogP contribution in [0.3, 0.4) is 0 Å². The fourth-order valence-electron chi connectivity index (χ4n) is 3.61. The van der Waals surface area contributed by atoms with Crippen molar-refractivity contribution < 1.29 is 14.3 Å². The number of hydrazine groups is 1. The molecule has 0 atom stereocenters. The number of amides is 3. The maximum absolute atomic E-state index is 13.0. The summed E-state index contributed by atoms with van der Waals surface area (Å²) < 4.78 is 6.44. The highest BCUT2D eigenvalue weighted by Gasteiger charge is 2.28. The average molecular weight is 520 g/mol. The Labute approximate surface area is 203 Å². The van der Waals surface area contributed by atoms with Crippen LogP contribution in [-0.4, -0.2) is 18.5 Å². The summed E-state index contributed by atoms with van der Waals surface area (Å²) in [6.45, 7) is -0.250. The maximum atomic E-state index is 13.0. The van der Waals surface area contributed by atoms with Gasteiger partial charge in [-0.1, -0.05) is 66.4 Å². The van der Waals surface area contributed by atoms with Gasteiger partial charge in [-0.05, 0) is 57.0 Å². The first kappa shape index (κ1) is 21.4. The molecular formula is C25H18BrN3O3S. The number of benzene rings is 4. The van der Waals surface area contributed by atoms with Crippen LogP contribution in [0.15, 0.2) is 99.2 Å². The first-order valence-electron chi connectivity index (χ1n) is 10.2. The van der Waals surface area contributed by atoms with Gasteiger partial charge in [-0.15, -0.1) is 0 Å². The normalized spacial score (nSPS) is 12.0. The molecule has 0 aromatic heterocycles. The van der Waals surface area contributed by atoms with Gasteiger partial charge in [0.25, 0.3) is 5.91 Å². The Morgan fingerprint density at radius 3 is 2.18 bits per heavy atom. The molecule has 5 rings (SSSR count). The van der Waals surface area contributed by atoms with E-state index in [1.54, 1.807) is 22.7 Å². The second-order valence-corrected chi connectivity index (χ2v) is 9.12. The number of nitrogens with zero attached hydrogens (tertiary/aromatic N) is 1. The van der Waals surface area contributed by atoms with Crippen molar-refractivity contribution in [3.63, 3.8) is 0 Å². The first-order chi connectivity index (χ1) is 16.1. The van der Waals surface area contributed by atoms with Crippen LogP contribution in [0.5, 0.6) is 5.75 Å². The fraction of sp³-hybridized carbons (Fsp3) is 0.0400. The van der Waals surface area contributed by atoms with Gasteiger partial charge >= 0.3 is 6.03 Å². The molecule has 3 amide bonds. The largest absolute Gasteiger partial charge is 0.483 e. The van der Waals surface area contributed by atoms with Crippen LogP contribution in [0.4, 0.5) is 16.2 Å². The highest BCUT2D eigenvalue weighted by atomic mass is 79.9. The molecule has 1 aliphatic rings. The molecule has 164 valence electrons. The lowest BCUT2D eigenvalue weighted by Crippen LogP contribution is -2.49. The zero-order chi connectivity index (χ0) is 22.8. The van der Waals surface area contributed by atoms with Crippen LogP contribution in [0.1, 0.15) is 0 Å². The number of urea groups is 1. The van der Waals surface area contributed by atoms with Crippen molar-refractivity contribution in [3.05, 3.63) is 89.4 Å². The number of anilines is 2. The van der Waals surface area contributed by atoms with Gasteiger partial charge in [-0.2, -0.15) is 0 Å². The zero-order valence-corrected chi connectivity index (χ0v) is 19.7. The number of halogens is 1. The second kappa shape index (κ2) is 9.17. The SMILES string of the molecule is O=C(COc1ccc2ccccc2c1Br)NNC(=O)N1c2ccccc2Sc2ccccc21. The van der Waals surface area contributed by atoms with Gasteiger partial charge in [0.05, 0.1) is 15.8 Å². The third-order valence-electron chi connectivity index (χ3n) is 5.13. The molecule has 1 aliphatic heterocycles. The fourth-order valence-corrected chi connectivity index (χ4v) is 5.27. The molecule has 4 aromatic rings. The van der Waals surface area contributed by atoms with Gasteiger partial charge in [0.1, 0.15) is 5.75 Å². The smallest absolute Gasteiger partial charge is 0.345 e. The number of carbonyl (C=O) groups excluding carboxylic acids is 2. The van der Waals surface area contributed by atoms with Crippen molar-refractivity contribution >= 4 is 61.8 Å². The van der Waals surface area contributed by atoms with Gasteiger partial charge in [0, 0.05) is 9.79 Å². The lowest BCUT2D eigenvalue weighted by molar-refractivity contribution is -0.123. The number of carbonyl (C=O) groups is 2. The summed E-state index contributed by atoms with van der Waals surface area (Å²) in [5.41, 5.74) is 6.45. The van der Waals surface area contributed by atoms with Crippen molar-refractivity contribution in [1.29, 1.82) is 0 Å². The number of fused-ring (bicyclic) bond motifs is 3. The molecule has 0 saturated carbocycles. The van der Waals surface area contributed by atoms with E-state index in [0.29, 0.717) is 5.75 Å². The molecule has 0 aliphatic carbocycles. The molecule has 0 spiro atoms. The summed E-state index contributed by atoms with van der Waals surface area (Å²) in [5.74, 6) is 0.0717. The van der Waals surface area contributed by atoms with E-state index in [0.717, 1.165) is 36.4 Å². The van der Waals surface area contributed by atoms with E-state index >= 15 is 0 Å². The average Bonchev–Trinajstić information content (AvgIpc) is 2.85. The van der Waals surface area contributed by atoms with Crippen molar-refractivity contribution in [2.45, 2.75) is 9.79 Å². The molecule has 1 heterocycles. The minimum absolute atomic E-state index is 0.250. The van der Waals surface area contributed by atoms with E-state index in [1.807, 2.05) is 78.9 Å². The third-order valence-corrected chi connectivity index (χ3v) is 7.08. The lowest BCUT2D eigenvalue weighted by Gasteiger charge is -2.30. The van der Waals surface area contributed by atoms with Crippen molar-refractivity contribution in [2.24, 2.45) is 0 Å². The monoisotopic (exact) mass is 519 g/mol. The quantitative estimate of drug-likeness (QED) is 0.324. The van der Waals surface area contributed by atoms with Crippen LogP contribution in [0, 0.1) is 0 Å². The van der Waals surface area contributed by atoms with Crippen LogP contribution >= 0.6 is 27.7 Å². The standard InChI is InChI=1S/C25H18BrN3O3S/c26-24-17-8-2-1-7-16(17)13-14-20(24)32-15-23(30)27-28-25(31)29-18-9-3-5-11-21(18)33-22-12-6-4-10-19(22)29/h1-14H,15H2,(H,27,30)(H,28,31). The van der Waals surface area contributed by atoms with Crippen LogP contribution < -0.4 is 20.5 Å². The Kier molecular flexibility index (Phi) is 5.93. The molecule has 0 saturated heterocycles. The molecular weight excluding hydrogens is 502 g/mol. The number of hydrogen-bond donors (Lipinski definition) is 2. The summed E-state index contributed by atoms with van der Waals surface area (Å²) in [6.07, 6.45) is 0. The Hall–Kier alpha value is -3.49. The number of nitrogens with one attached hydrogen (secondary N) is 2. The first-order valence-corrected chi connectivity index (χ1v) is 11.8. The Morgan fingerprint density at radius 1 is 0.818 bits per heavy atom. The summed E-state index contributed by atoms with van der Waals surface area (Å²) in [5, 5.41) is 2.05. The predicted octanol–water partition coefficient (Wildman–Crippen LogP) is 6.02. The zero-order valence-electron chi connectivity index (χ0n) is 17.2. The Bertz CT molecular complexity index is 1330. The highest BCUT2D eigenvalue weighted by Crippen LogP contribution is 2.47. The van der Waals surface area contributed by atoms with Crippen molar-refractivity contribution in [2.75, 3.05) is 11.5 Å². The molecule has 0 bridgehead atoms. The van der Waals surface area contributed by atoms with Gasteiger partial charge in [-0.25, -0.2) is 10.2 Å². The van der Waals surface area contributed by atoms with E-state index in [1.165, 1.54) is 0 Å². The van der Waals surface area contributed by atoms with Crippen LogP contribution in [-0.2, 0) is 4.79 Å². The number of para-hydroxylation sites is 2. The van der Waals surface area contributed by atoms with E-state index in [2.05, 4.69) is 26.8 Å². The Morgan fingerprint density at radius 2 is 1.45 bits per heavy atom. The number of ether oxygens (including phenoxy) is 1. The van der Waals surface area contributed by atoms with Gasteiger partial charge in [-0.3, -0.25) is 15.1 Å². The maximum Gasteiger partial charge on any atom is 0.345 e. The second-order valence-electron chi connectivity index (χ2n) is 7.24. The van der Waals surface area contributed by atoms with E-state index < -0.39 is 11.9 Å². The van der Waals surface area contributed by atoms with Gasteiger partial charge < -0.3 is 4.74 Å². The molecule has 6 nitrogen and oxygen atoms in total. The summed E-state index contributed by atoms with van der Waals surface area (Å²) in [4.78, 5) is 28.9. The van der Waals surface area contributed by atoms with Crippen LogP contribution in [0.25, 0.3) is 10.8 Å². The van der Waals surface area contributed by atoms with E-state index in [9.17, 15) is 9.59 Å². The lowest BCUT2D eigenvalue weighted by atomic mass is 10.1. The summed E-state index contributed by atoms with van der Waals surface area (Å²) >= 11 is 5.14. The molecule has 0 fully saturated rings. The van der Waals surface area contributed by atoms with E-state index in [4.69, 9.17) is 4.74 Å². The predicted molar refractivity (Wildman–Crippen MR) is 133 cm³/mol.